The van der Waals surface area contributed by atoms with E-state index < -0.39 is 14.2 Å². The van der Waals surface area contributed by atoms with Crippen LogP contribution in [0.1, 0.15) is 33.6 Å². The molecule has 0 aliphatic carbocycles. The molecule has 0 radical (unpaired) electrons. The van der Waals surface area contributed by atoms with Gasteiger partial charge in [-0.05, 0) is 23.5 Å². The SMILES string of the molecule is CC(C)(C)[C@H]1COC(=O)N1C(=O)/C=C/C[C@@H](CC=O)[Si](C)(C)c1ccccc1. The molecule has 1 aromatic carbocycles. The van der Waals surface area contributed by atoms with Gasteiger partial charge in [0, 0.05) is 6.42 Å². The molecule has 28 heavy (non-hydrogen) atoms. The zero-order valence-electron chi connectivity index (χ0n) is 17.5. The van der Waals surface area contributed by atoms with E-state index in [9.17, 15) is 14.4 Å². The lowest BCUT2D eigenvalue weighted by molar-refractivity contribution is -0.125. The van der Waals surface area contributed by atoms with Crippen molar-refractivity contribution in [1.29, 1.82) is 0 Å². The second kappa shape index (κ2) is 8.86. The maximum Gasteiger partial charge on any atom is 0.417 e. The van der Waals surface area contributed by atoms with Gasteiger partial charge in [-0.25, -0.2) is 9.69 Å². The smallest absolute Gasteiger partial charge is 0.417 e. The van der Waals surface area contributed by atoms with Gasteiger partial charge < -0.3 is 9.53 Å². The molecule has 0 spiro atoms. The third-order valence-electron chi connectivity index (χ3n) is 5.71. The summed E-state index contributed by atoms with van der Waals surface area (Å²) in [4.78, 5) is 37.1. The van der Waals surface area contributed by atoms with Crippen molar-refractivity contribution in [3.05, 3.63) is 42.5 Å². The van der Waals surface area contributed by atoms with E-state index >= 15 is 0 Å². The molecule has 5 nitrogen and oxygen atoms in total. The molecule has 0 N–H and O–H groups in total. The monoisotopic (exact) mass is 401 g/mol. The second-order valence-corrected chi connectivity index (χ2v) is 13.8. The number of cyclic esters (lactones) is 1. The van der Waals surface area contributed by atoms with Crippen LogP contribution < -0.4 is 5.19 Å². The normalized spacial score (nSPS) is 19.0. The van der Waals surface area contributed by atoms with Crippen LogP contribution >= 0.6 is 0 Å². The predicted octanol–water partition coefficient (Wildman–Crippen LogP) is 3.90. The van der Waals surface area contributed by atoms with Crippen LogP contribution in [0.2, 0.25) is 18.6 Å². The van der Waals surface area contributed by atoms with E-state index in [0.717, 1.165) is 6.29 Å². The zero-order chi connectivity index (χ0) is 20.9. The molecule has 2 atom stereocenters. The number of hydrogen-bond acceptors (Lipinski definition) is 4. The Hall–Kier alpha value is -2.21. The summed E-state index contributed by atoms with van der Waals surface area (Å²) in [6.07, 6.45) is 4.73. The van der Waals surface area contributed by atoms with Gasteiger partial charge in [0.25, 0.3) is 5.91 Å². The summed E-state index contributed by atoms with van der Waals surface area (Å²) in [7, 11) is -1.89. The first-order chi connectivity index (χ1) is 13.1. The van der Waals surface area contributed by atoms with Crippen LogP contribution in [-0.2, 0) is 14.3 Å². The standard InChI is InChI=1S/C22H31NO4Si/c1-22(2,3)19-16-27-21(26)23(19)20(25)13-9-12-18(14-15-24)28(4,5)17-10-7-6-8-11-17/h6-11,13,15,18-19H,12,14,16H2,1-5H3/b13-9+/t18-,19+/m0/s1. The highest BCUT2D eigenvalue weighted by Gasteiger charge is 2.43. The van der Waals surface area contributed by atoms with Gasteiger partial charge in [0.2, 0.25) is 0 Å². The van der Waals surface area contributed by atoms with Gasteiger partial charge in [-0.2, -0.15) is 0 Å². The number of carbonyl (C=O) groups excluding carboxylic acids is 3. The third kappa shape index (κ3) is 4.98. The molecule has 0 aromatic heterocycles. The largest absolute Gasteiger partial charge is 0.447 e. The Morgan fingerprint density at radius 1 is 1.25 bits per heavy atom. The van der Waals surface area contributed by atoms with Crippen molar-refractivity contribution >= 4 is 31.5 Å². The number of nitrogens with zero attached hydrogens (tertiary/aromatic N) is 1. The van der Waals surface area contributed by atoms with Gasteiger partial charge in [0.15, 0.2) is 0 Å². The Morgan fingerprint density at radius 2 is 1.89 bits per heavy atom. The molecular formula is C22H31NO4Si. The Kier molecular flexibility index (Phi) is 6.99. The number of carbonyl (C=O) groups is 3. The van der Waals surface area contributed by atoms with Gasteiger partial charge in [-0.15, -0.1) is 0 Å². The molecule has 2 amide bonds. The van der Waals surface area contributed by atoms with Crippen molar-refractivity contribution < 1.29 is 19.1 Å². The summed E-state index contributed by atoms with van der Waals surface area (Å²) < 4.78 is 5.10. The van der Waals surface area contributed by atoms with E-state index in [1.807, 2.05) is 39.0 Å². The Bertz CT molecular complexity index is 737. The minimum absolute atomic E-state index is 0.181. The lowest BCUT2D eigenvalue weighted by Gasteiger charge is -2.31. The number of allylic oxidation sites excluding steroid dienone is 1. The fourth-order valence-electron chi connectivity index (χ4n) is 3.62. The van der Waals surface area contributed by atoms with Crippen LogP contribution in [-0.4, -0.2) is 43.9 Å². The number of imide groups is 1. The summed E-state index contributed by atoms with van der Waals surface area (Å²) in [6.45, 7) is 10.7. The zero-order valence-corrected chi connectivity index (χ0v) is 18.5. The van der Waals surface area contributed by atoms with Crippen molar-refractivity contribution in [1.82, 2.24) is 4.90 Å². The Balaban J connectivity index is 2.12. The van der Waals surface area contributed by atoms with E-state index in [1.165, 1.54) is 16.2 Å². The number of amides is 2. The lowest BCUT2D eigenvalue weighted by atomic mass is 9.86. The molecular weight excluding hydrogens is 370 g/mol. The van der Waals surface area contributed by atoms with Gasteiger partial charge in [0.1, 0.15) is 12.9 Å². The number of aldehydes is 1. The van der Waals surface area contributed by atoms with Crippen molar-refractivity contribution in [2.24, 2.45) is 5.41 Å². The van der Waals surface area contributed by atoms with Crippen LogP contribution in [0, 0.1) is 5.41 Å². The summed E-state index contributed by atoms with van der Waals surface area (Å²) in [5, 5.41) is 1.29. The number of ether oxygens (including phenoxy) is 1. The molecule has 152 valence electrons. The van der Waals surface area contributed by atoms with Crippen LogP contribution in [0.3, 0.4) is 0 Å². The maximum absolute atomic E-state index is 12.7. The molecule has 1 heterocycles. The molecule has 0 saturated carbocycles. The van der Waals surface area contributed by atoms with Crippen molar-refractivity contribution in [2.75, 3.05) is 6.61 Å². The summed E-state index contributed by atoms with van der Waals surface area (Å²) in [5.41, 5.74) is -0.0711. The quantitative estimate of drug-likeness (QED) is 0.395. The van der Waals surface area contributed by atoms with Gasteiger partial charge in [-0.3, -0.25) is 4.79 Å². The molecule has 1 aromatic rings. The van der Waals surface area contributed by atoms with Gasteiger partial charge in [-0.1, -0.05) is 75.5 Å². The van der Waals surface area contributed by atoms with Gasteiger partial charge in [0.05, 0.1) is 14.1 Å². The molecule has 0 bridgehead atoms. The summed E-state index contributed by atoms with van der Waals surface area (Å²) >= 11 is 0. The first-order valence-electron chi connectivity index (χ1n) is 9.74. The lowest BCUT2D eigenvalue weighted by Crippen LogP contribution is -2.46. The average molecular weight is 402 g/mol. The first kappa shape index (κ1) is 22.1. The Labute approximate surface area is 168 Å². The van der Waals surface area contributed by atoms with E-state index in [-0.39, 0.29) is 29.5 Å². The van der Waals surface area contributed by atoms with Crippen LogP contribution in [0.4, 0.5) is 4.79 Å². The fourth-order valence-corrected chi connectivity index (χ4v) is 6.55. The van der Waals surface area contributed by atoms with E-state index in [4.69, 9.17) is 4.74 Å². The molecule has 0 unspecified atom stereocenters. The highest BCUT2D eigenvalue weighted by Crippen LogP contribution is 2.31. The van der Waals surface area contributed by atoms with E-state index in [2.05, 4.69) is 25.2 Å². The predicted molar refractivity (Wildman–Crippen MR) is 113 cm³/mol. The maximum atomic E-state index is 12.7. The molecule has 1 aliphatic heterocycles. The molecule has 1 aliphatic rings. The second-order valence-electron chi connectivity index (χ2n) is 8.99. The molecule has 6 heteroatoms. The average Bonchev–Trinajstić information content (AvgIpc) is 3.03. The number of rotatable bonds is 7. The van der Waals surface area contributed by atoms with Crippen LogP contribution in [0.25, 0.3) is 0 Å². The third-order valence-corrected chi connectivity index (χ3v) is 10.0. The highest BCUT2D eigenvalue weighted by atomic mass is 28.3. The minimum Gasteiger partial charge on any atom is -0.447 e. The van der Waals surface area contributed by atoms with Crippen molar-refractivity contribution in [3.63, 3.8) is 0 Å². The van der Waals surface area contributed by atoms with E-state index in [1.54, 1.807) is 6.08 Å². The van der Waals surface area contributed by atoms with Gasteiger partial charge >= 0.3 is 6.09 Å². The Morgan fingerprint density at radius 3 is 2.46 bits per heavy atom. The van der Waals surface area contributed by atoms with Crippen LogP contribution in [0.5, 0.6) is 0 Å². The van der Waals surface area contributed by atoms with Crippen LogP contribution in [0.15, 0.2) is 42.5 Å². The topological polar surface area (TPSA) is 63.7 Å². The van der Waals surface area contributed by atoms with E-state index in [0.29, 0.717) is 12.8 Å². The number of hydrogen-bond donors (Lipinski definition) is 0. The molecule has 1 saturated heterocycles. The number of benzene rings is 1. The fraction of sp³-hybridized carbons (Fsp3) is 0.500. The first-order valence-corrected chi connectivity index (χ1v) is 12.8. The molecule has 2 rings (SSSR count). The summed E-state index contributed by atoms with van der Waals surface area (Å²) in [6, 6.07) is 9.99. The van der Waals surface area contributed by atoms with Crippen molar-refractivity contribution in [2.45, 2.75) is 58.3 Å². The van der Waals surface area contributed by atoms with Crippen molar-refractivity contribution in [3.8, 4) is 0 Å². The summed E-state index contributed by atoms with van der Waals surface area (Å²) in [5.74, 6) is -0.355. The molecule has 1 fully saturated rings. The minimum atomic E-state index is -1.89. The highest BCUT2D eigenvalue weighted by molar-refractivity contribution is 6.91.